The van der Waals surface area contributed by atoms with Crippen LogP contribution < -0.4 is 15.0 Å². The van der Waals surface area contributed by atoms with Crippen LogP contribution in [0.5, 0.6) is 5.75 Å². The smallest absolute Gasteiger partial charge is 0.416 e. The largest absolute Gasteiger partial charge is 0.492 e. The van der Waals surface area contributed by atoms with Gasteiger partial charge >= 0.3 is 6.18 Å². The van der Waals surface area contributed by atoms with Gasteiger partial charge in [0.25, 0.3) is 11.6 Å². The Bertz CT molecular complexity index is 1050. The van der Waals surface area contributed by atoms with E-state index in [4.69, 9.17) is 4.74 Å². The van der Waals surface area contributed by atoms with Crippen molar-refractivity contribution in [1.29, 1.82) is 0 Å². The maximum Gasteiger partial charge on any atom is 0.416 e. The molecule has 3 rings (SSSR count). The number of rotatable bonds is 7. The number of piperazine rings is 1. The van der Waals surface area contributed by atoms with Crippen molar-refractivity contribution in [2.45, 2.75) is 13.1 Å². The molecule has 34 heavy (non-hydrogen) atoms. The molecule has 1 fully saturated rings. The van der Waals surface area contributed by atoms with E-state index in [1.54, 1.807) is 9.80 Å². The Kier molecular flexibility index (Phi) is 7.59. The molecule has 0 bridgehead atoms. The first kappa shape index (κ1) is 24.8. The molecule has 1 heterocycles. The van der Waals surface area contributed by atoms with Crippen molar-refractivity contribution in [3.63, 3.8) is 0 Å². The highest BCUT2D eigenvalue weighted by Gasteiger charge is 2.30. The number of nitrogens with one attached hydrogen (secondary N) is 1. The Morgan fingerprint density at radius 1 is 1.09 bits per heavy atom. The summed E-state index contributed by atoms with van der Waals surface area (Å²) in [6.07, 6.45) is -4.44. The zero-order valence-electron chi connectivity index (χ0n) is 18.3. The van der Waals surface area contributed by atoms with E-state index in [9.17, 15) is 32.9 Å². The summed E-state index contributed by atoms with van der Waals surface area (Å²) in [5.41, 5.74) is -0.549. The molecule has 1 aliphatic rings. The van der Waals surface area contributed by atoms with Crippen molar-refractivity contribution in [1.82, 2.24) is 10.2 Å². The van der Waals surface area contributed by atoms with Crippen molar-refractivity contribution in [2.75, 3.05) is 44.2 Å². The van der Waals surface area contributed by atoms with E-state index in [-0.39, 0.29) is 36.1 Å². The minimum absolute atomic E-state index is 0.00227. The highest BCUT2D eigenvalue weighted by atomic mass is 19.4. The van der Waals surface area contributed by atoms with Gasteiger partial charge in [0.1, 0.15) is 18.0 Å². The average Bonchev–Trinajstić information content (AvgIpc) is 2.81. The van der Waals surface area contributed by atoms with Gasteiger partial charge < -0.3 is 19.9 Å². The molecule has 0 aliphatic carbocycles. The monoisotopic (exact) mass is 480 g/mol. The van der Waals surface area contributed by atoms with Crippen LogP contribution in [0, 0.1) is 10.1 Å². The lowest BCUT2D eigenvalue weighted by Gasteiger charge is -2.35. The first-order chi connectivity index (χ1) is 16.1. The van der Waals surface area contributed by atoms with E-state index in [0.717, 1.165) is 12.1 Å². The van der Waals surface area contributed by atoms with Gasteiger partial charge in [-0.25, -0.2) is 0 Å². The fraction of sp³-hybridized carbons (Fsp3) is 0.364. The number of benzene rings is 2. The van der Waals surface area contributed by atoms with E-state index in [0.29, 0.717) is 31.9 Å². The average molecular weight is 480 g/mol. The Hall–Kier alpha value is -3.83. The predicted molar refractivity (Wildman–Crippen MR) is 117 cm³/mol. The molecular formula is C22H23F3N4O5. The van der Waals surface area contributed by atoms with Crippen molar-refractivity contribution >= 4 is 23.2 Å². The fourth-order valence-corrected chi connectivity index (χ4v) is 3.52. The second kappa shape index (κ2) is 10.4. The van der Waals surface area contributed by atoms with Crippen molar-refractivity contribution in [2.24, 2.45) is 0 Å². The summed E-state index contributed by atoms with van der Waals surface area (Å²) in [6.45, 7) is 3.29. The van der Waals surface area contributed by atoms with Crippen LogP contribution in [0.2, 0.25) is 0 Å². The van der Waals surface area contributed by atoms with Crippen LogP contribution in [0.1, 0.15) is 22.8 Å². The number of anilines is 1. The zero-order valence-corrected chi connectivity index (χ0v) is 18.3. The van der Waals surface area contributed by atoms with Gasteiger partial charge in [0, 0.05) is 44.7 Å². The molecule has 0 spiro atoms. The summed E-state index contributed by atoms with van der Waals surface area (Å²) in [4.78, 5) is 38.4. The van der Waals surface area contributed by atoms with Crippen molar-refractivity contribution in [3.8, 4) is 5.75 Å². The molecule has 0 saturated carbocycles. The fourth-order valence-electron chi connectivity index (χ4n) is 3.52. The van der Waals surface area contributed by atoms with Crippen molar-refractivity contribution < 1.29 is 32.4 Å². The lowest BCUT2D eigenvalue weighted by atomic mass is 10.1. The first-order valence-electron chi connectivity index (χ1n) is 10.4. The van der Waals surface area contributed by atoms with Crippen LogP contribution >= 0.6 is 0 Å². The molecule has 12 heteroatoms. The summed E-state index contributed by atoms with van der Waals surface area (Å²) < 4.78 is 43.1. The van der Waals surface area contributed by atoms with Gasteiger partial charge in [0.2, 0.25) is 5.91 Å². The molecule has 0 unspecified atom stereocenters. The van der Waals surface area contributed by atoms with Gasteiger partial charge in [-0.05, 0) is 36.4 Å². The van der Waals surface area contributed by atoms with E-state index in [2.05, 4.69) is 5.32 Å². The molecular weight excluding hydrogens is 457 g/mol. The van der Waals surface area contributed by atoms with Crippen LogP contribution in [-0.4, -0.2) is 61.0 Å². The topological polar surface area (TPSA) is 105 Å². The maximum absolute atomic E-state index is 12.6. The summed E-state index contributed by atoms with van der Waals surface area (Å²) in [6, 6.07) is 8.34. The summed E-state index contributed by atoms with van der Waals surface area (Å²) in [5, 5.41) is 14.2. The van der Waals surface area contributed by atoms with Crippen LogP contribution in [0.25, 0.3) is 0 Å². The standard InChI is InChI=1S/C22H23F3N4O5/c1-15(30)27-9-11-28(12-10-27)19-7-2-16(14-20(19)29(32)33)21(31)26-8-13-34-18-5-3-17(4-6-18)22(23,24)25/h2-7,14H,8-13H2,1H3,(H,26,31). The number of nitro benzene ring substituents is 1. The number of hydrogen-bond acceptors (Lipinski definition) is 6. The van der Waals surface area contributed by atoms with Crippen LogP contribution in [0.4, 0.5) is 24.5 Å². The van der Waals surface area contributed by atoms with E-state index in [1.165, 1.54) is 37.3 Å². The molecule has 0 aromatic heterocycles. The molecule has 2 aromatic carbocycles. The number of ether oxygens (including phenoxy) is 1. The third kappa shape index (κ3) is 6.15. The van der Waals surface area contributed by atoms with Crippen molar-refractivity contribution in [3.05, 3.63) is 63.7 Å². The van der Waals surface area contributed by atoms with E-state index < -0.39 is 22.6 Å². The summed E-state index contributed by atoms with van der Waals surface area (Å²) in [7, 11) is 0. The quantitative estimate of drug-likeness (QED) is 0.371. The molecule has 1 N–H and O–H groups in total. The van der Waals surface area contributed by atoms with Gasteiger partial charge in [-0.1, -0.05) is 0 Å². The Morgan fingerprint density at radius 2 is 1.74 bits per heavy atom. The van der Waals surface area contributed by atoms with Crippen LogP contribution in [-0.2, 0) is 11.0 Å². The van der Waals surface area contributed by atoms with Crippen LogP contribution in [0.15, 0.2) is 42.5 Å². The van der Waals surface area contributed by atoms with Gasteiger partial charge in [0.15, 0.2) is 0 Å². The summed E-state index contributed by atoms with van der Waals surface area (Å²) in [5.74, 6) is -0.386. The number of hydrogen-bond donors (Lipinski definition) is 1. The first-order valence-corrected chi connectivity index (χ1v) is 10.4. The molecule has 182 valence electrons. The number of carbonyl (C=O) groups is 2. The predicted octanol–water partition coefficient (Wildman–Crippen LogP) is 3.09. The second-order valence-electron chi connectivity index (χ2n) is 7.58. The minimum Gasteiger partial charge on any atom is -0.492 e. The Morgan fingerprint density at radius 3 is 2.29 bits per heavy atom. The highest BCUT2D eigenvalue weighted by Crippen LogP contribution is 2.31. The molecule has 0 atom stereocenters. The number of alkyl halides is 3. The third-order valence-corrected chi connectivity index (χ3v) is 5.34. The minimum atomic E-state index is -4.44. The summed E-state index contributed by atoms with van der Waals surface area (Å²) >= 11 is 0. The molecule has 1 saturated heterocycles. The Labute approximate surface area is 193 Å². The molecule has 2 aromatic rings. The number of carbonyl (C=O) groups excluding carboxylic acids is 2. The molecule has 2 amide bonds. The molecule has 0 radical (unpaired) electrons. The number of nitro groups is 1. The van der Waals surface area contributed by atoms with Crippen LogP contribution in [0.3, 0.4) is 0 Å². The zero-order chi connectivity index (χ0) is 24.9. The van der Waals surface area contributed by atoms with Gasteiger partial charge in [-0.2, -0.15) is 13.2 Å². The van der Waals surface area contributed by atoms with Gasteiger partial charge in [-0.3, -0.25) is 19.7 Å². The normalized spacial score (nSPS) is 14.0. The number of halogens is 3. The number of nitrogens with zero attached hydrogens (tertiary/aromatic N) is 3. The lowest BCUT2D eigenvalue weighted by molar-refractivity contribution is -0.384. The highest BCUT2D eigenvalue weighted by molar-refractivity contribution is 5.95. The molecule has 9 nitrogen and oxygen atoms in total. The lowest BCUT2D eigenvalue weighted by Crippen LogP contribution is -2.48. The maximum atomic E-state index is 12.6. The second-order valence-corrected chi connectivity index (χ2v) is 7.58. The van der Waals surface area contributed by atoms with Gasteiger partial charge in [0.05, 0.1) is 17.0 Å². The van der Waals surface area contributed by atoms with Gasteiger partial charge in [-0.15, -0.1) is 0 Å². The Balaban J connectivity index is 1.56. The third-order valence-electron chi connectivity index (χ3n) is 5.34. The van der Waals surface area contributed by atoms with E-state index in [1.807, 2.05) is 0 Å². The number of amides is 2. The SMILES string of the molecule is CC(=O)N1CCN(c2ccc(C(=O)NCCOc3ccc(C(F)(F)F)cc3)cc2[N+](=O)[O-])CC1. The molecule has 1 aliphatic heterocycles. The van der Waals surface area contributed by atoms with E-state index >= 15 is 0 Å².